The highest BCUT2D eigenvalue weighted by atomic mass is 19.1. The van der Waals surface area contributed by atoms with E-state index in [-0.39, 0.29) is 22.9 Å². The van der Waals surface area contributed by atoms with Crippen molar-refractivity contribution >= 4 is 16.7 Å². The van der Waals surface area contributed by atoms with Crippen LogP contribution in [0.2, 0.25) is 0 Å². The molecular weight excluding hydrogens is 370 g/mol. The number of halogens is 2. The molecule has 0 atom stereocenters. The first-order valence-corrected chi connectivity index (χ1v) is 8.31. The lowest BCUT2D eigenvalue weighted by molar-refractivity contribution is 0.0590. The number of hydrogen-bond donors (Lipinski definition) is 1. The average molecular weight is 388 g/mol. The number of fused-ring (bicyclic) bond motifs is 1. The summed E-state index contributed by atoms with van der Waals surface area (Å²) in [5, 5.41) is 11.5. The summed E-state index contributed by atoms with van der Waals surface area (Å²) in [6.07, 6.45) is 0. The second kappa shape index (κ2) is 7.77. The van der Waals surface area contributed by atoms with Crippen molar-refractivity contribution in [3.63, 3.8) is 0 Å². The van der Waals surface area contributed by atoms with Crippen molar-refractivity contribution < 1.29 is 28.2 Å². The molecule has 0 fully saturated rings. The third-order valence-electron chi connectivity index (χ3n) is 3.94. The summed E-state index contributed by atoms with van der Waals surface area (Å²) in [6.45, 7) is 0.413. The van der Waals surface area contributed by atoms with E-state index in [1.807, 2.05) is 19.0 Å². The van der Waals surface area contributed by atoms with Crippen LogP contribution in [0.25, 0.3) is 10.8 Å². The highest BCUT2D eigenvalue weighted by Gasteiger charge is 2.20. The zero-order valence-electron chi connectivity index (χ0n) is 15.5. The number of esters is 1. The molecule has 2 aromatic carbocycles. The number of hydrogen-bond acceptors (Lipinski definition) is 6. The van der Waals surface area contributed by atoms with E-state index in [2.05, 4.69) is 9.72 Å². The van der Waals surface area contributed by atoms with E-state index < -0.39 is 17.6 Å². The van der Waals surface area contributed by atoms with E-state index in [4.69, 9.17) is 4.74 Å². The number of carbonyl (C=O) groups excluding carboxylic acids is 1. The predicted octanol–water partition coefficient (Wildman–Crippen LogP) is 3.86. The maximum atomic E-state index is 13.4. The molecule has 1 N–H and O–H groups in total. The number of ether oxygens (including phenoxy) is 2. The van der Waals surface area contributed by atoms with E-state index in [0.29, 0.717) is 23.0 Å². The molecule has 8 heteroatoms. The van der Waals surface area contributed by atoms with Gasteiger partial charge in [-0.2, -0.15) is 0 Å². The molecule has 1 heterocycles. The van der Waals surface area contributed by atoms with Crippen LogP contribution in [-0.4, -0.2) is 42.2 Å². The minimum Gasteiger partial charge on any atom is -0.505 e. The fourth-order valence-electron chi connectivity index (χ4n) is 2.79. The van der Waals surface area contributed by atoms with E-state index in [0.717, 1.165) is 18.2 Å². The molecule has 6 nitrogen and oxygen atoms in total. The Labute approximate surface area is 159 Å². The van der Waals surface area contributed by atoms with Crippen LogP contribution in [0.4, 0.5) is 8.78 Å². The molecule has 0 saturated carbocycles. The molecule has 0 saturated heterocycles. The first kappa shape index (κ1) is 19.5. The first-order chi connectivity index (χ1) is 13.3. The summed E-state index contributed by atoms with van der Waals surface area (Å²) >= 11 is 0. The lowest BCUT2D eigenvalue weighted by Gasteiger charge is -2.15. The van der Waals surface area contributed by atoms with Crippen LogP contribution < -0.4 is 4.74 Å². The van der Waals surface area contributed by atoms with Crippen LogP contribution in [0.1, 0.15) is 16.2 Å². The number of methoxy groups -OCH3 is 1. The summed E-state index contributed by atoms with van der Waals surface area (Å²) < 4.78 is 37.0. The van der Waals surface area contributed by atoms with Gasteiger partial charge in [-0.05, 0) is 32.3 Å². The Hall–Kier alpha value is -3.26. The van der Waals surface area contributed by atoms with Crippen molar-refractivity contribution in [2.45, 2.75) is 6.54 Å². The van der Waals surface area contributed by atoms with Crippen molar-refractivity contribution in [2.24, 2.45) is 0 Å². The van der Waals surface area contributed by atoms with Crippen molar-refractivity contribution in [3.8, 4) is 17.2 Å². The minimum atomic E-state index is -0.780. The maximum absolute atomic E-state index is 13.4. The zero-order chi connectivity index (χ0) is 20.4. The monoisotopic (exact) mass is 388 g/mol. The molecule has 3 aromatic rings. The van der Waals surface area contributed by atoms with E-state index in [1.165, 1.54) is 13.2 Å². The Balaban J connectivity index is 2.13. The normalized spacial score (nSPS) is 11.1. The van der Waals surface area contributed by atoms with Gasteiger partial charge in [0.25, 0.3) is 0 Å². The van der Waals surface area contributed by atoms with Crippen molar-refractivity contribution in [2.75, 3.05) is 21.2 Å². The summed E-state index contributed by atoms with van der Waals surface area (Å²) in [5.41, 5.74) is 0.336. The SMILES string of the molecule is COC(=O)c1nc(CN(C)C)c2ccc(Oc3cc(F)cc(F)c3)cc2c1O. The van der Waals surface area contributed by atoms with Gasteiger partial charge in [0.15, 0.2) is 11.4 Å². The Morgan fingerprint density at radius 2 is 1.75 bits per heavy atom. The number of carbonyl (C=O) groups is 1. The quantitative estimate of drug-likeness (QED) is 0.670. The topological polar surface area (TPSA) is 71.9 Å². The van der Waals surface area contributed by atoms with Gasteiger partial charge < -0.3 is 19.5 Å². The molecule has 0 aliphatic heterocycles. The predicted molar refractivity (Wildman–Crippen MR) is 98.6 cm³/mol. The molecule has 1 aromatic heterocycles. The van der Waals surface area contributed by atoms with Crippen molar-refractivity contribution in [3.05, 3.63) is 59.4 Å². The third-order valence-corrected chi connectivity index (χ3v) is 3.94. The molecule has 3 rings (SSSR count). The fourth-order valence-corrected chi connectivity index (χ4v) is 2.79. The minimum absolute atomic E-state index is 0.0351. The summed E-state index contributed by atoms with van der Waals surface area (Å²) in [6, 6.07) is 7.53. The fraction of sp³-hybridized carbons (Fsp3) is 0.200. The Kier molecular flexibility index (Phi) is 5.41. The molecule has 0 aliphatic carbocycles. The van der Waals surface area contributed by atoms with E-state index in [1.54, 1.807) is 12.1 Å². The lowest BCUT2D eigenvalue weighted by Crippen LogP contribution is -2.15. The Morgan fingerprint density at radius 3 is 2.36 bits per heavy atom. The molecule has 0 amide bonds. The van der Waals surface area contributed by atoms with Gasteiger partial charge in [0, 0.05) is 35.5 Å². The van der Waals surface area contributed by atoms with Gasteiger partial charge in [-0.25, -0.2) is 18.6 Å². The van der Waals surface area contributed by atoms with Crippen LogP contribution in [0, 0.1) is 11.6 Å². The van der Waals surface area contributed by atoms with Crippen LogP contribution in [0.3, 0.4) is 0 Å². The third kappa shape index (κ3) is 4.01. The van der Waals surface area contributed by atoms with Gasteiger partial charge in [-0.1, -0.05) is 0 Å². The standard InChI is InChI=1S/C20H18F2N2O4/c1-24(2)10-17-15-5-4-13(28-14-7-11(21)6-12(22)8-14)9-16(15)19(25)18(23-17)20(26)27-3/h4-9,25H,10H2,1-3H3. The molecule has 0 bridgehead atoms. The number of rotatable bonds is 5. The number of aromatic hydroxyl groups is 1. The number of nitrogens with zero attached hydrogens (tertiary/aromatic N) is 2. The summed E-state index contributed by atoms with van der Waals surface area (Å²) in [7, 11) is 4.87. The summed E-state index contributed by atoms with van der Waals surface area (Å²) in [4.78, 5) is 18.1. The molecule has 0 spiro atoms. The molecule has 0 aliphatic rings. The lowest BCUT2D eigenvalue weighted by atomic mass is 10.1. The average Bonchev–Trinajstić information content (AvgIpc) is 2.62. The van der Waals surface area contributed by atoms with E-state index in [9.17, 15) is 18.7 Å². The van der Waals surface area contributed by atoms with Crippen LogP contribution >= 0.6 is 0 Å². The Bertz CT molecular complexity index is 1030. The van der Waals surface area contributed by atoms with E-state index >= 15 is 0 Å². The highest BCUT2D eigenvalue weighted by Crippen LogP contribution is 2.35. The van der Waals surface area contributed by atoms with Crippen LogP contribution in [-0.2, 0) is 11.3 Å². The molecule has 146 valence electrons. The van der Waals surface area contributed by atoms with Gasteiger partial charge in [0.05, 0.1) is 12.8 Å². The smallest absolute Gasteiger partial charge is 0.360 e. The van der Waals surface area contributed by atoms with Crippen molar-refractivity contribution in [1.82, 2.24) is 9.88 Å². The van der Waals surface area contributed by atoms with Gasteiger partial charge in [0.1, 0.15) is 23.1 Å². The second-order valence-corrected chi connectivity index (χ2v) is 6.40. The zero-order valence-corrected chi connectivity index (χ0v) is 15.5. The van der Waals surface area contributed by atoms with Gasteiger partial charge in [0.2, 0.25) is 0 Å². The first-order valence-electron chi connectivity index (χ1n) is 8.31. The van der Waals surface area contributed by atoms with Crippen LogP contribution in [0.5, 0.6) is 17.2 Å². The summed E-state index contributed by atoms with van der Waals surface area (Å²) in [5.74, 6) is -2.50. The molecular formula is C20H18F2N2O4. The number of aromatic nitrogens is 1. The highest BCUT2D eigenvalue weighted by molar-refractivity contribution is 6.00. The van der Waals surface area contributed by atoms with Gasteiger partial charge in [-0.3, -0.25) is 0 Å². The molecule has 0 radical (unpaired) electrons. The van der Waals surface area contributed by atoms with Gasteiger partial charge >= 0.3 is 5.97 Å². The molecule has 28 heavy (non-hydrogen) atoms. The maximum Gasteiger partial charge on any atom is 0.360 e. The number of pyridine rings is 1. The van der Waals surface area contributed by atoms with Crippen LogP contribution in [0.15, 0.2) is 36.4 Å². The Morgan fingerprint density at radius 1 is 1.07 bits per heavy atom. The molecule has 0 unspecified atom stereocenters. The van der Waals surface area contributed by atoms with Crippen molar-refractivity contribution in [1.29, 1.82) is 0 Å². The largest absolute Gasteiger partial charge is 0.505 e. The second-order valence-electron chi connectivity index (χ2n) is 6.40. The number of benzene rings is 2. The van der Waals surface area contributed by atoms with Gasteiger partial charge in [-0.15, -0.1) is 0 Å².